The Kier molecular flexibility index (Phi) is 5.22. The van der Waals surface area contributed by atoms with Gasteiger partial charge in [0.25, 0.3) is 5.69 Å². The Morgan fingerprint density at radius 2 is 2.12 bits per heavy atom. The Morgan fingerprint density at radius 1 is 1.35 bits per heavy atom. The summed E-state index contributed by atoms with van der Waals surface area (Å²) in [6.07, 6.45) is 2.66. The van der Waals surface area contributed by atoms with Crippen LogP contribution in [0.2, 0.25) is 0 Å². The summed E-state index contributed by atoms with van der Waals surface area (Å²) in [4.78, 5) is 10.0. The lowest BCUT2D eigenvalue weighted by molar-refractivity contribution is -0.384. The van der Waals surface area contributed by atoms with E-state index in [0.717, 1.165) is 25.8 Å². The lowest BCUT2D eigenvalue weighted by atomic mass is 10.2. The highest BCUT2D eigenvalue weighted by molar-refractivity contribution is 5.69. The van der Waals surface area contributed by atoms with E-state index in [-0.39, 0.29) is 12.3 Å². The summed E-state index contributed by atoms with van der Waals surface area (Å²) in [5.41, 5.74) is 6.77. The number of hydrogen-bond donors (Lipinski definition) is 3. The van der Waals surface area contributed by atoms with Gasteiger partial charge in [0.15, 0.2) is 0 Å². The maximum Gasteiger partial charge on any atom is 0.271 e. The van der Waals surface area contributed by atoms with Gasteiger partial charge in [-0.05, 0) is 25.3 Å². The van der Waals surface area contributed by atoms with Crippen LogP contribution in [0.15, 0.2) is 18.2 Å². The number of nitrogen functional groups attached to an aromatic ring is 1. The Balaban J connectivity index is 2.46. The Bertz CT molecular complexity index is 382. The van der Waals surface area contributed by atoms with Gasteiger partial charge in [-0.1, -0.05) is 0 Å². The van der Waals surface area contributed by atoms with Crippen LogP contribution in [-0.2, 0) is 0 Å². The molecular weight excluding hydrogens is 222 g/mol. The van der Waals surface area contributed by atoms with Gasteiger partial charge in [-0.25, -0.2) is 0 Å². The van der Waals surface area contributed by atoms with Crippen LogP contribution in [-0.4, -0.2) is 23.2 Å². The maximum atomic E-state index is 10.5. The number of nitrogens with two attached hydrogens (primary N) is 1. The van der Waals surface area contributed by atoms with Gasteiger partial charge in [-0.3, -0.25) is 10.1 Å². The van der Waals surface area contributed by atoms with E-state index >= 15 is 0 Å². The van der Waals surface area contributed by atoms with Crippen LogP contribution in [0.3, 0.4) is 0 Å². The van der Waals surface area contributed by atoms with Crippen LogP contribution in [0.4, 0.5) is 17.1 Å². The van der Waals surface area contributed by atoms with Gasteiger partial charge in [-0.15, -0.1) is 0 Å². The van der Waals surface area contributed by atoms with Crippen molar-refractivity contribution in [3.05, 3.63) is 28.3 Å². The maximum absolute atomic E-state index is 10.5. The summed E-state index contributed by atoms with van der Waals surface area (Å²) < 4.78 is 0. The molecule has 6 nitrogen and oxygen atoms in total. The van der Waals surface area contributed by atoms with Gasteiger partial charge < -0.3 is 16.2 Å². The van der Waals surface area contributed by atoms with Gasteiger partial charge >= 0.3 is 0 Å². The number of rotatable bonds is 7. The van der Waals surface area contributed by atoms with Crippen LogP contribution in [0, 0.1) is 10.1 Å². The monoisotopic (exact) mass is 239 g/mol. The molecule has 0 bridgehead atoms. The van der Waals surface area contributed by atoms with Crippen LogP contribution in [0.1, 0.15) is 19.3 Å². The predicted molar refractivity (Wildman–Crippen MR) is 66.9 cm³/mol. The predicted octanol–water partition coefficient (Wildman–Crippen LogP) is 1.75. The summed E-state index contributed by atoms with van der Waals surface area (Å²) in [5.74, 6) is 0. The van der Waals surface area contributed by atoms with Gasteiger partial charge in [0, 0.05) is 25.3 Å². The van der Waals surface area contributed by atoms with Gasteiger partial charge in [-0.2, -0.15) is 0 Å². The van der Waals surface area contributed by atoms with Crippen molar-refractivity contribution in [3.63, 3.8) is 0 Å². The number of nitrogens with one attached hydrogen (secondary N) is 1. The minimum atomic E-state index is -0.471. The van der Waals surface area contributed by atoms with Crippen molar-refractivity contribution in [1.29, 1.82) is 0 Å². The smallest absolute Gasteiger partial charge is 0.271 e. The molecule has 0 aliphatic rings. The highest BCUT2D eigenvalue weighted by Crippen LogP contribution is 2.23. The summed E-state index contributed by atoms with van der Waals surface area (Å²) in [7, 11) is 0. The largest absolute Gasteiger partial charge is 0.397 e. The third-order valence-electron chi connectivity index (χ3n) is 2.40. The first kappa shape index (κ1) is 13.2. The fraction of sp³-hybridized carbons (Fsp3) is 0.455. The van der Waals surface area contributed by atoms with Crippen LogP contribution in [0.5, 0.6) is 0 Å². The zero-order valence-corrected chi connectivity index (χ0v) is 9.56. The van der Waals surface area contributed by atoms with E-state index < -0.39 is 4.92 Å². The fourth-order valence-corrected chi connectivity index (χ4v) is 1.46. The molecule has 1 aromatic rings. The number of anilines is 2. The second-order valence-electron chi connectivity index (χ2n) is 3.74. The number of nitro groups is 1. The topological polar surface area (TPSA) is 101 Å². The van der Waals surface area contributed by atoms with E-state index in [0.29, 0.717) is 11.4 Å². The summed E-state index contributed by atoms with van der Waals surface area (Å²) in [5, 5.41) is 22.2. The van der Waals surface area contributed by atoms with E-state index in [2.05, 4.69) is 5.32 Å². The molecule has 0 aromatic heterocycles. The van der Waals surface area contributed by atoms with Crippen molar-refractivity contribution in [2.45, 2.75) is 19.3 Å². The molecule has 0 aliphatic carbocycles. The Morgan fingerprint density at radius 3 is 2.71 bits per heavy atom. The molecule has 0 heterocycles. The molecule has 1 aromatic carbocycles. The van der Waals surface area contributed by atoms with E-state index in [4.69, 9.17) is 10.8 Å². The van der Waals surface area contributed by atoms with Crippen molar-refractivity contribution in [2.75, 3.05) is 24.2 Å². The molecule has 94 valence electrons. The zero-order valence-electron chi connectivity index (χ0n) is 9.56. The number of hydrogen-bond acceptors (Lipinski definition) is 5. The van der Waals surface area contributed by atoms with Gasteiger partial charge in [0.2, 0.25) is 0 Å². The zero-order chi connectivity index (χ0) is 12.7. The number of non-ortho nitro benzene ring substituents is 1. The average Bonchev–Trinajstić information content (AvgIpc) is 2.30. The fourth-order valence-electron chi connectivity index (χ4n) is 1.46. The third-order valence-corrected chi connectivity index (χ3v) is 2.40. The lowest BCUT2D eigenvalue weighted by Gasteiger charge is -2.08. The SMILES string of the molecule is Nc1cc([N+](=O)[O-])ccc1NCCCCCO. The summed E-state index contributed by atoms with van der Waals surface area (Å²) >= 11 is 0. The Labute approximate surface area is 99.6 Å². The molecule has 0 amide bonds. The number of unbranched alkanes of at least 4 members (excludes halogenated alkanes) is 2. The van der Waals surface area contributed by atoms with Crippen LogP contribution in [0.25, 0.3) is 0 Å². The molecule has 0 aliphatic heterocycles. The second-order valence-corrected chi connectivity index (χ2v) is 3.74. The van der Waals surface area contributed by atoms with E-state index in [1.807, 2.05) is 0 Å². The summed E-state index contributed by atoms with van der Waals surface area (Å²) in [6, 6.07) is 4.38. The standard InChI is InChI=1S/C11H17N3O3/c12-10-8-9(14(16)17)4-5-11(10)13-6-2-1-3-7-15/h4-5,8,13,15H,1-3,6-7,12H2. The van der Waals surface area contributed by atoms with E-state index in [1.165, 1.54) is 12.1 Å². The van der Waals surface area contributed by atoms with Crippen LogP contribution >= 0.6 is 0 Å². The quantitative estimate of drug-likeness (QED) is 0.291. The first-order valence-corrected chi connectivity index (χ1v) is 5.54. The number of nitro benzene ring substituents is 1. The van der Waals surface area contributed by atoms with Crippen molar-refractivity contribution in [1.82, 2.24) is 0 Å². The number of nitrogens with zero attached hydrogens (tertiary/aromatic N) is 1. The van der Waals surface area contributed by atoms with E-state index in [9.17, 15) is 10.1 Å². The van der Waals surface area contributed by atoms with Crippen molar-refractivity contribution in [2.24, 2.45) is 0 Å². The third kappa shape index (κ3) is 4.28. The Hall–Kier alpha value is -1.82. The summed E-state index contributed by atoms with van der Waals surface area (Å²) in [6.45, 7) is 0.946. The minimum absolute atomic E-state index is 0.00618. The molecule has 4 N–H and O–H groups in total. The molecule has 6 heteroatoms. The number of aliphatic hydroxyl groups is 1. The molecule has 0 atom stereocenters. The highest BCUT2D eigenvalue weighted by Gasteiger charge is 2.07. The van der Waals surface area contributed by atoms with E-state index in [1.54, 1.807) is 6.07 Å². The minimum Gasteiger partial charge on any atom is -0.397 e. The molecule has 0 spiro atoms. The molecule has 0 radical (unpaired) electrons. The molecule has 0 fully saturated rings. The normalized spacial score (nSPS) is 10.2. The molecular formula is C11H17N3O3. The van der Waals surface area contributed by atoms with Gasteiger partial charge in [0.05, 0.1) is 16.3 Å². The molecule has 0 saturated carbocycles. The van der Waals surface area contributed by atoms with Crippen LogP contribution < -0.4 is 11.1 Å². The second kappa shape index (κ2) is 6.70. The lowest BCUT2D eigenvalue weighted by Crippen LogP contribution is -2.04. The highest BCUT2D eigenvalue weighted by atomic mass is 16.6. The van der Waals surface area contributed by atoms with Crippen molar-refractivity contribution in [3.8, 4) is 0 Å². The first-order valence-electron chi connectivity index (χ1n) is 5.54. The molecule has 0 saturated heterocycles. The number of aliphatic hydroxyl groups excluding tert-OH is 1. The first-order chi connectivity index (χ1) is 8.15. The van der Waals surface area contributed by atoms with Gasteiger partial charge in [0.1, 0.15) is 0 Å². The number of benzene rings is 1. The van der Waals surface area contributed by atoms with Crippen molar-refractivity contribution >= 4 is 17.1 Å². The molecule has 0 unspecified atom stereocenters. The average molecular weight is 239 g/mol. The van der Waals surface area contributed by atoms with Crippen molar-refractivity contribution < 1.29 is 10.0 Å². The molecule has 1 rings (SSSR count). The molecule has 17 heavy (non-hydrogen) atoms.